The summed E-state index contributed by atoms with van der Waals surface area (Å²) in [6.45, 7) is 0. The maximum absolute atomic E-state index is 11.9. The van der Waals surface area contributed by atoms with Gasteiger partial charge >= 0.3 is 5.97 Å². The molecule has 112 valence electrons. The van der Waals surface area contributed by atoms with Crippen molar-refractivity contribution in [1.29, 1.82) is 0 Å². The molecule has 1 aromatic heterocycles. The average molecular weight is 361 g/mol. The number of nitrogens with zero attached hydrogens (tertiary/aromatic N) is 2. The number of furan rings is 1. The van der Waals surface area contributed by atoms with Crippen LogP contribution in [0.3, 0.4) is 0 Å². The summed E-state index contributed by atoms with van der Waals surface area (Å²) in [6, 6.07) is 9.21. The summed E-state index contributed by atoms with van der Waals surface area (Å²) in [4.78, 5) is 18.1. The molecule has 2 aromatic rings. The Morgan fingerprint density at radius 3 is 2.73 bits per heavy atom. The van der Waals surface area contributed by atoms with Crippen LogP contribution in [-0.2, 0) is 9.53 Å². The Balaban J connectivity index is 1.92. The number of ether oxygens (including phenoxy) is 1. The normalized spacial score (nSPS) is 15.9. The van der Waals surface area contributed by atoms with Crippen LogP contribution in [0, 0.1) is 0 Å². The largest absolute Gasteiger partial charge is 0.459 e. The van der Waals surface area contributed by atoms with E-state index in [-0.39, 0.29) is 11.6 Å². The SMILES string of the molecule is CN(C)c1ccc(/C=C2\N=C(c3ccco3)OC2=O)cc1Br. The van der Waals surface area contributed by atoms with Gasteiger partial charge in [0.2, 0.25) is 0 Å². The van der Waals surface area contributed by atoms with Crippen molar-refractivity contribution in [3.8, 4) is 0 Å². The molecule has 0 saturated carbocycles. The number of rotatable bonds is 3. The van der Waals surface area contributed by atoms with Crippen LogP contribution in [0.15, 0.2) is 56.2 Å². The van der Waals surface area contributed by atoms with Crippen LogP contribution in [0.1, 0.15) is 11.3 Å². The average Bonchev–Trinajstić information content (AvgIpc) is 3.09. The molecule has 0 N–H and O–H groups in total. The Morgan fingerprint density at radius 2 is 2.09 bits per heavy atom. The molecule has 0 radical (unpaired) electrons. The molecule has 2 heterocycles. The lowest BCUT2D eigenvalue weighted by Gasteiger charge is -2.14. The molecule has 0 unspecified atom stereocenters. The van der Waals surface area contributed by atoms with E-state index in [1.807, 2.05) is 37.2 Å². The van der Waals surface area contributed by atoms with Gasteiger partial charge in [0.15, 0.2) is 11.5 Å². The number of esters is 1. The molecule has 1 aliphatic heterocycles. The molecule has 0 bridgehead atoms. The quantitative estimate of drug-likeness (QED) is 0.621. The van der Waals surface area contributed by atoms with Gasteiger partial charge in [0, 0.05) is 18.6 Å². The van der Waals surface area contributed by atoms with Crippen molar-refractivity contribution in [3.63, 3.8) is 0 Å². The lowest BCUT2D eigenvalue weighted by molar-refractivity contribution is -0.130. The monoisotopic (exact) mass is 360 g/mol. The maximum atomic E-state index is 11.9. The highest BCUT2D eigenvalue weighted by Gasteiger charge is 2.25. The molecule has 5 nitrogen and oxygen atoms in total. The minimum absolute atomic E-state index is 0.185. The summed E-state index contributed by atoms with van der Waals surface area (Å²) in [5, 5.41) is 0. The van der Waals surface area contributed by atoms with Crippen molar-refractivity contribution in [2.45, 2.75) is 0 Å². The number of halogens is 1. The van der Waals surface area contributed by atoms with Crippen molar-refractivity contribution < 1.29 is 13.9 Å². The molecular weight excluding hydrogens is 348 g/mol. The van der Waals surface area contributed by atoms with Gasteiger partial charge in [-0.2, -0.15) is 0 Å². The van der Waals surface area contributed by atoms with E-state index >= 15 is 0 Å². The first-order valence-electron chi connectivity index (χ1n) is 6.58. The minimum Gasteiger partial charge on any atom is -0.459 e. The van der Waals surface area contributed by atoms with E-state index < -0.39 is 5.97 Å². The number of benzene rings is 1. The first-order chi connectivity index (χ1) is 10.5. The second-order valence-electron chi connectivity index (χ2n) is 4.92. The van der Waals surface area contributed by atoms with Crippen molar-refractivity contribution in [2.24, 2.45) is 4.99 Å². The zero-order valence-electron chi connectivity index (χ0n) is 12.0. The molecule has 0 amide bonds. The summed E-state index contributed by atoms with van der Waals surface area (Å²) in [6.07, 6.45) is 3.19. The fourth-order valence-electron chi connectivity index (χ4n) is 2.05. The van der Waals surface area contributed by atoms with Crippen LogP contribution in [0.5, 0.6) is 0 Å². The van der Waals surface area contributed by atoms with E-state index in [9.17, 15) is 4.79 Å². The molecular formula is C16H13BrN2O3. The Kier molecular flexibility index (Phi) is 3.85. The third-order valence-electron chi connectivity index (χ3n) is 3.11. The highest BCUT2D eigenvalue weighted by Crippen LogP contribution is 2.27. The van der Waals surface area contributed by atoms with Crippen LogP contribution in [-0.4, -0.2) is 26.0 Å². The van der Waals surface area contributed by atoms with E-state index in [1.165, 1.54) is 6.26 Å². The Bertz CT molecular complexity index is 777. The Labute approximate surface area is 136 Å². The van der Waals surface area contributed by atoms with Gasteiger partial charge < -0.3 is 14.1 Å². The molecule has 3 rings (SSSR count). The zero-order valence-corrected chi connectivity index (χ0v) is 13.6. The number of aliphatic imine (C=N–C) groups is 1. The second-order valence-corrected chi connectivity index (χ2v) is 5.77. The first-order valence-corrected chi connectivity index (χ1v) is 7.37. The van der Waals surface area contributed by atoms with Crippen LogP contribution in [0.25, 0.3) is 6.08 Å². The number of carbonyl (C=O) groups excluding carboxylic acids is 1. The van der Waals surface area contributed by atoms with Crippen LogP contribution in [0.4, 0.5) is 5.69 Å². The van der Waals surface area contributed by atoms with Gasteiger partial charge in [0.25, 0.3) is 5.90 Å². The van der Waals surface area contributed by atoms with E-state index in [0.717, 1.165) is 15.7 Å². The van der Waals surface area contributed by atoms with E-state index in [1.54, 1.807) is 18.2 Å². The lowest BCUT2D eigenvalue weighted by Crippen LogP contribution is -2.09. The molecule has 0 spiro atoms. The summed E-state index contributed by atoms with van der Waals surface area (Å²) in [5.74, 6) is 0.130. The summed E-state index contributed by atoms with van der Waals surface area (Å²) >= 11 is 3.52. The minimum atomic E-state index is -0.487. The number of hydrogen-bond donors (Lipinski definition) is 0. The number of hydrogen-bond acceptors (Lipinski definition) is 5. The van der Waals surface area contributed by atoms with Gasteiger partial charge in [-0.1, -0.05) is 6.07 Å². The smallest absolute Gasteiger partial charge is 0.363 e. The first kappa shape index (κ1) is 14.6. The molecule has 0 saturated heterocycles. The lowest BCUT2D eigenvalue weighted by atomic mass is 10.1. The summed E-state index contributed by atoms with van der Waals surface area (Å²) in [5.41, 5.74) is 2.15. The van der Waals surface area contributed by atoms with Crippen molar-refractivity contribution in [2.75, 3.05) is 19.0 Å². The van der Waals surface area contributed by atoms with Gasteiger partial charge in [-0.3, -0.25) is 0 Å². The number of carbonyl (C=O) groups is 1. The Morgan fingerprint density at radius 1 is 1.27 bits per heavy atom. The topological polar surface area (TPSA) is 55.0 Å². The van der Waals surface area contributed by atoms with Crippen molar-refractivity contribution >= 4 is 39.6 Å². The van der Waals surface area contributed by atoms with Gasteiger partial charge in [0.1, 0.15) is 0 Å². The summed E-state index contributed by atoms with van der Waals surface area (Å²) < 4.78 is 11.2. The fraction of sp³-hybridized carbons (Fsp3) is 0.125. The molecule has 1 aromatic carbocycles. The third kappa shape index (κ3) is 2.82. The highest BCUT2D eigenvalue weighted by atomic mass is 79.9. The van der Waals surface area contributed by atoms with Crippen molar-refractivity contribution in [1.82, 2.24) is 0 Å². The Hall–Kier alpha value is -2.34. The van der Waals surface area contributed by atoms with Crippen LogP contribution < -0.4 is 4.90 Å². The second kappa shape index (κ2) is 5.81. The molecule has 22 heavy (non-hydrogen) atoms. The van der Waals surface area contributed by atoms with Gasteiger partial charge in [0.05, 0.1) is 12.0 Å². The van der Waals surface area contributed by atoms with E-state index in [0.29, 0.717) is 5.76 Å². The fourth-order valence-corrected chi connectivity index (χ4v) is 2.80. The van der Waals surface area contributed by atoms with Gasteiger partial charge in [-0.05, 0) is 51.8 Å². The molecule has 0 aliphatic carbocycles. The van der Waals surface area contributed by atoms with E-state index in [4.69, 9.17) is 9.15 Å². The molecule has 1 aliphatic rings. The van der Waals surface area contributed by atoms with Crippen LogP contribution >= 0.6 is 15.9 Å². The number of cyclic esters (lactones) is 1. The number of anilines is 1. The maximum Gasteiger partial charge on any atom is 0.363 e. The van der Waals surface area contributed by atoms with Crippen molar-refractivity contribution in [3.05, 3.63) is 58.1 Å². The van der Waals surface area contributed by atoms with E-state index in [2.05, 4.69) is 20.9 Å². The molecule has 0 atom stereocenters. The molecule has 0 fully saturated rings. The van der Waals surface area contributed by atoms with Crippen LogP contribution in [0.2, 0.25) is 0 Å². The standard InChI is InChI=1S/C16H13BrN2O3/c1-19(2)13-6-5-10(8-11(13)17)9-12-16(20)22-15(18-12)14-4-3-7-21-14/h3-9H,1-2H3/b12-9-. The summed E-state index contributed by atoms with van der Waals surface area (Å²) in [7, 11) is 3.93. The third-order valence-corrected chi connectivity index (χ3v) is 3.74. The highest BCUT2D eigenvalue weighted by molar-refractivity contribution is 9.10. The van der Waals surface area contributed by atoms with Gasteiger partial charge in [-0.15, -0.1) is 0 Å². The molecule has 6 heteroatoms. The zero-order chi connectivity index (χ0) is 15.7. The predicted octanol–water partition coefficient (Wildman–Crippen LogP) is 3.45. The van der Waals surface area contributed by atoms with Gasteiger partial charge in [-0.25, -0.2) is 9.79 Å². The predicted molar refractivity (Wildman–Crippen MR) is 87.8 cm³/mol.